The molecule has 0 aliphatic carbocycles. The van der Waals surface area contributed by atoms with Gasteiger partial charge in [0.1, 0.15) is 5.65 Å². The van der Waals surface area contributed by atoms with Crippen molar-refractivity contribution in [3.05, 3.63) is 38.2 Å². The van der Waals surface area contributed by atoms with Crippen molar-refractivity contribution < 1.29 is 22.7 Å². The van der Waals surface area contributed by atoms with Crippen molar-refractivity contribution in [3.8, 4) is 0 Å². The Morgan fingerprint density at radius 1 is 1.27 bits per heavy atom. The van der Waals surface area contributed by atoms with Crippen LogP contribution in [0, 0.1) is 0 Å². The minimum atomic E-state index is -4.80. The number of hydrogen-bond acceptors (Lipinski definition) is 5. The van der Waals surface area contributed by atoms with Gasteiger partial charge in [-0.2, -0.15) is 13.2 Å². The van der Waals surface area contributed by atoms with Gasteiger partial charge in [-0.25, -0.2) is 9.78 Å². The molecule has 8 nitrogen and oxygen atoms in total. The van der Waals surface area contributed by atoms with E-state index in [1.54, 1.807) is 4.90 Å². The molecule has 164 valence electrons. The van der Waals surface area contributed by atoms with Crippen molar-refractivity contribution in [1.29, 1.82) is 0 Å². The van der Waals surface area contributed by atoms with Crippen LogP contribution in [0.1, 0.15) is 36.4 Å². The first kappa shape index (κ1) is 22.0. The lowest BCUT2D eigenvalue weighted by molar-refractivity contribution is -0.136. The van der Waals surface area contributed by atoms with Gasteiger partial charge >= 0.3 is 11.9 Å². The third-order valence-electron chi connectivity index (χ3n) is 5.45. The monoisotopic (exact) mass is 428 g/mol. The quantitative estimate of drug-likeness (QED) is 0.735. The van der Waals surface area contributed by atoms with Gasteiger partial charge in [0.05, 0.1) is 24.0 Å². The molecular weight excluding hydrogens is 405 g/mol. The van der Waals surface area contributed by atoms with Crippen LogP contribution in [0.5, 0.6) is 0 Å². The molecule has 3 heterocycles. The van der Waals surface area contributed by atoms with E-state index in [1.165, 1.54) is 14.2 Å². The summed E-state index contributed by atoms with van der Waals surface area (Å²) in [5.74, 6) is -0.574. The summed E-state index contributed by atoms with van der Waals surface area (Å²) in [4.78, 5) is 42.9. The number of likely N-dealkylation sites (tertiary alicyclic amines) is 1. The van der Waals surface area contributed by atoms with E-state index in [4.69, 9.17) is 4.74 Å². The SMILES string of the molecule is COCCC(=O)N1CCCC(c2cc(C(F)(F)F)c3c(=O)n(C)c(=O)n(C)c3n2)C1. The second-order valence-electron chi connectivity index (χ2n) is 7.42. The average molecular weight is 428 g/mol. The molecule has 1 aliphatic heterocycles. The highest BCUT2D eigenvalue weighted by atomic mass is 19.4. The summed E-state index contributed by atoms with van der Waals surface area (Å²) in [6.45, 7) is 0.993. The lowest BCUT2D eigenvalue weighted by atomic mass is 9.92. The molecule has 2 aromatic heterocycles. The van der Waals surface area contributed by atoms with Gasteiger partial charge in [0.2, 0.25) is 5.91 Å². The molecule has 1 fully saturated rings. The Labute approximate surface area is 169 Å². The lowest BCUT2D eigenvalue weighted by Crippen LogP contribution is -2.40. The van der Waals surface area contributed by atoms with Gasteiger partial charge in [-0.3, -0.25) is 18.7 Å². The number of rotatable bonds is 4. The maximum absolute atomic E-state index is 13.8. The third kappa shape index (κ3) is 3.98. The molecule has 0 saturated carbocycles. The van der Waals surface area contributed by atoms with Crippen LogP contribution in [0.3, 0.4) is 0 Å². The number of amides is 1. The minimum absolute atomic E-state index is 0.113. The standard InChI is InChI=1S/C19H23F3N4O4/c1-24-16-15(17(28)25(2)18(24)29)12(19(20,21)22)9-13(23-16)11-5-4-7-26(10-11)14(27)6-8-30-3/h9,11H,4-8,10H2,1-3H3. The molecule has 0 aromatic carbocycles. The van der Waals surface area contributed by atoms with E-state index in [0.29, 0.717) is 24.0 Å². The van der Waals surface area contributed by atoms with Crippen LogP contribution in [0.4, 0.5) is 13.2 Å². The molecule has 0 radical (unpaired) electrons. The topological polar surface area (TPSA) is 86.4 Å². The van der Waals surface area contributed by atoms with Crippen LogP contribution in [-0.2, 0) is 29.8 Å². The number of pyridine rings is 1. The minimum Gasteiger partial charge on any atom is -0.384 e. The molecule has 0 bridgehead atoms. The van der Waals surface area contributed by atoms with Crippen LogP contribution in [-0.4, -0.2) is 51.7 Å². The van der Waals surface area contributed by atoms with Gasteiger partial charge in [-0.05, 0) is 18.9 Å². The summed E-state index contributed by atoms with van der Waals surface area (Å²) in [6, 6.07) is 0.877. The molecule has 2 aromatic rings. The van der Waals surface area contributed by atoms with E-state index in [1.807, 2.05) is 0 Å². The van der Waals surface area contributed by atoms with Crippen LogP contribution in [0.2, 0.25) is 0 Å². The number of halogens is 3. The zero-order valence-electron chi connectivity index (χ0n) is 17.0. The highest BCUT2D eigenvalue weighted by molar-refractivity contribution is 5.79. The molecule has 30 heavy (non-hydrogen) atoms. The number of piperidine rings is 1. The highest BCUT2D eigenvalue weighted by Gasteiger charge is 2.37. The zero-order chi connectivity index (χ0) is 22.2. The fraction of sp³-hybridized carbons (Fsp3) is 0.579. The fourth-order valence-electron chi connectivity index (χ4n) is 3.80. The molecule has 1 amide bonds. The molecular formula is C19H23F3N4O4. The van der Waals surface area contributed by atoms with E-state index in [-0.39, 0.29) is 36.8 Å². The first-order chi connectivity index (χ1) is 14.1. The zero-order valence-corrected chi connectivity index (χ0v) is 17.0. The summed E-state index contributed by atoms with van der Waals surface area (Å²) in [5.41, 5.74) is -3.12. The number of carbonyl (C=O) groups excluding carboxylic acids is 1. The molecule has 11 heteroatoms. The second-order valence-corrected chi connectivity index (χ2v) is 7.42. The van der Waals surface area contributed by atoms with E-state index >= 15 is 0 Å². The molecule has 1 saturated heterocycles. The predicted octanol–water partition coefficient (Wildman–Crippen LogP) is 1.39. The van der Waals surface area contributed by atoms with E-state index in [2.05, 4.69) is 4.98 Å². The predicted molar refractivity (Wildman–Crippen MR) is 102 cm³/mol. The van der Waals surface area contributed by atoms with Crippen molar-refractivity contribution in [2.24, 2.45) is 14.1 Å². The lowest BCUT2D eigenvalue weighted by Gasteiger charge is -2.33. The van der Waals surface area contributed by atoms with Crippen LogP contribution >= 0.6 is 0 Å². The summed E-state index contributed by atoms with van der Waals surface area (Å²) >= 11 is 0. The third-order valence-corrected chi connectivity index (χ3v) is 5.45. The van der Waals surface area contributed by atoms with Gasteiger partial charge < -0.3 is 9.64 Å². The van der Waals surface area contributed by atoms with Crippen molar-refractivity contribution in [2.75, 3.05) is 26.8 Å². The largest absolute Gasteiger partial charge is 0.417 e. The fourth-order valence-corrected chi connectivity index (χ4v) is 3.80. The van der Waals surface area contributed by atoms with Gasteiger partial charge in [-0.15, -0.1) is 0 Å². The van der Waals surface area contributed by atoms with E-state index in [9.17, 15) is 27.6 Å². The molecule has 0 N–H and O–H groups in total. The van der Waals surface area contributed by atoms with Gasteiger partial charge in [0, 0.05) is 45.9 Å². The maximum atomic E-state index is 13.8. The van der Waals surface area contributed by atoms with Crippen LogP contribution in [0.15, 0.2) is 15.7 Å². The molecule has 1 atom stereocenters. The van der Waals surface area contributed by atoms with Crippen molar-refractivity contribution in [2.45, 2.75) is 31.4 Å². The number of hydrogen-bond donors (Lipinski definition) is 0. The summed E-state index contributed by atoms with van der Waals surface area (Å²) in [6.07, 6.45) is -3.46. The Kier molecular flexibility index (Phi) is 6.02. The smallest absolute Gasteiger partial charge is 0.384 e. The number of methoxy groups -OCH3 is 1. The van der Waals surface area contributed by atoms with Gasteiger partial charge in [0.25, 0.3) is 5.56 Å². The van der Waals surface area contributed by atoms with Crippen LogP contribution in [0.25, 0.3) is 11.0 Å². The number of aromatic nitrogens is 3. The van der Waals surface area contributed by atoms with Gasteiger partial charge in [0.15, 0.2) is 0 Å². The molecule has 1 aliphatic rings. The Hall–Kier alpha value is -2.69. The van der Waals surface area contributed by atoms with E-state index in [0.717, 1.165) is 17.7 Å². The van der Waals surface area contributed by atoms with Crippen LogP contribution < -0.4 is 11.2 Å². The molecule has 1 unspecified atom stereocenters. The van der Waals surface area contributed by atoms with Crippen molar-refractivity contribution >= 4 is 16.9 Å². The maximum Gasteiger partial charge on any atom is 0.417 e. The normalized spacial score (nSPS) is 17.5. The molecule has 0 spiro atoms. The number of ether oxygens (including phenoxy) is 1. The van der Waals surface area contributed by atoms with Crippen molar-refractivity contribution in [3.63, 3.8) is 0 Å². The first-order valence-electron chi connectivity index (χ1n) is 9.50. The summed E-state index contributed by atoms with van der Waals surface area (Å²) < 4.78 is 47.9. The molecule has 3 rings (SSSR count). The summed E-state index contributed by atoms with van der Waals surface area (Å²) in [5, 5.41) is -0.639. The number of fused-ring (bicyclic) bond motifs is 1. The Bertz CT molecular complexity index is 1090. The Morgan fingerprint density at radius 3 is 2.60 bits per heavy atom. The first-order valence-corrected chi connectivity index (χ1v) is 9.50. The number of aryl methyl sites for hydroxylation is 1. The Morgan fingerprint density at radius 2 is 1.97 bits per heavy atom. The average Bonchev–Trinajstić information content (AvgIpc) is 2.73. The number of carbonyl (C=O) groups is 1. The number of alkyl halides is 3. The highest BCUT2D eigenvalue weighted by Crippen LogP contribution is 2.36. The number of nitrogens with zero attached hydrogens (tertiary/aromatic N) is 4. The summed E-state index contributed by atoms with van der Waals surface area (Å²) in [7, 11) is 3.89. The Balaban J connectivity index is 2.12. The van der Waals surface area contributed by atoms with E-state index < -0.39 is 34.3 Å². The van der Waals surface area contributed by atoms with Gasteiger partial charge in [-0.1, -0.05) is 0 Å². The van der Waals surface area contributed by atoms with Crippen molar-refractivity contribution in [1.82, 2.24) is 19.0 Å². The second kappa shape index (κ2) is 8.21.